The molecule has 2 rings (SSSR count). The van der Waals surface area contributed by atoms with Crippen LogP contribution >= 0.6 is 0 Å². The topological polar surface area (TPSA) is 75.3 Å². The summed E-state index contributed by atoms with van der Waals surface area (Å²) in [6, 6.07) is -0.717. The molecule has 1 saturated heterocycles. The minimum absolute atomic E-state index is 0.379. The summed E-state index contributed by atoms with van der Waals surface area (Å²) in [5, 5.41) is 4.47. The van der Waals surface area contributed by atoms with Crippen LogP contribution in [0.2, 0.25) is 0 Å². The third-order valence-corrected chi connectivity index (χ3v) is 4.10. The average molecular weight is 264 g/mol. The molecule has 0 bridgehead atoms. The Morgan fingerprint density at radius 3 is 2.32 bits per heavy atom. The molecule has 2 N–H and O–H groups in total. The van der Waals surface area contributed by atoms with Gasteiger partial charge in [-0.05, 0) is 37.7 Å². The van der Waals surface area contributed by atoms with Gasteiger partial charge < -0.3 is 0 Å². The van der Waals surface area contributed by atoms with Gasteiger partial charge in [-0.1, -0.05) is 25.8 Å². The van der Waals surface area contributed by atoms with Crippen LogP contribution < -0.4 is 10.6 Å². The van der Waals surface area contributed by atoms with Crippen LogP contribution in [0.5, 0.6) is 0 Å². The highest BCUT2D eigenvalue weighted by molar-refractivity contribution is 6.21. The Hall–Kier alpha value is -1.65. The number of hydrogen-bond acceptors (Lipinski definition) is 3. The van der Waals surface area contributed by atoms with Crippen molar-refractivity contribution in [2.24, 2.45) is 5.41 Å². The number of amides is 4. The fourth-order valence-corrected chi connectivity index (χ4v) is 2.97. The van der Waals surface area contributed by atoms with Crippen LogP contribution in [0.25, 0.3) is 0 Å². The Labute approximate surface area is 112 Å². The van der Waals surface area contributed by atoms with E-state index in [1.165, 1.54) is 6.42 Å². The van der Waals surface area contributed by atoms with E-state index in [0.717, 1.165) is 37.7 Å². The van der Waals surface area contributed by atoms with Gasteiger partial charge in [0.1, 0.15) is 5.41 Å². The zero-order valence-corrected chi connectivity index (χ0v) is 11.3. The van der Waals surface area contributed by atoms with Crippen molar-refractivity contribution in [1.29, 1.82) is 0 Å². The average Bonchev–Trinajstić information content (AvgIpc) is 2.30. The molecule has 0 aromatic rings. The summed E-state index contributed by atoms with van der Waals surface area (Å²) in [6.45, 7) is 1.81. The molecule has 0 unspecified atom stereocenters. The quantitative estimate of drug-likeness (QED) is 0.592. The van der Waals surface area contributed by atoms with Gasteiger partial charge in [0, 0.05) is 0 Å². The molecule has 1 heterocycles. The number of carbonyl (C=O) groups is 3. The van der Waals surface area contributed by atoms with E-state index in [1.807, 2.05) is 13.0 Å². The SMILES string of the molecule is CCC1(/C2=C/CCCCCC2)C(=O)NC(=O)NC1=O. The highest BCUT2D eigenvalue weighted by atomic mass is 16.2. The summed E-state index contributed by atoms with van der Waals surface area (Å²) in [4.78, 5) is 35.7. The number of carbonyl (C=O) groups excluding carboxylic acids is 3. The lowest BCUT2D eigenvalue weighted by Crippen LogP contribution is -2.62. The molecule has 2 aliphatic rings. The van der Waals surface area contributed by atoms with E-state index in [1.54, 1.807) is 0 Å². The maximum Gasteiger partial charge on any atom is 0.328 e. The Morgan fingerprint density at radius 2 is 1.68 bits per heavy atom. The maximum atomic E-state index is 12.2. The molecule has 0 aromatic carbocycles. The van der Waals surface area contributed by atoms with E-state index < -0.39 is 23.3 Å². The lowest BCUT2D eigenvalue weighted by molar-refractivity contribution is -0.142. The minimum Gasteiger partial charge on any atom is -0.277 e. The molecule has 19 heavy (non-hydrogen) atoms. The Morgan fingerprint density at radius 1 is 1.05 bits per heavy atom. The van der Waals surface area contributed by atoms with Crippen molar-refractivity contribution < 1.29 is 14.4 Å². The first-order valence-corrected chi connectivity index (χ1v) is 6.97. The first-order valence-electron chi connectivity index (χ1n) is 6.97. The van der Waals surface area contributed by atoms with E-state index in [0.29, 0.717) is 6.42 Å². The van der Waals surface area contributed by atoms with Crippen LogP contribution in [0.3, 0.4) is 0 Å². The van der Waals surface area contributed by atoms with E-state index >= 15 is 0 Å². The van der Waals surface area contributed by atoms with E-state index in [9.17, 15) is 14.4 Å². The smallest absolute Gasteiger partial charge is 0.277 e. The van der Waals surface area contributed by atoms with Gasteiger partial charge in [-0.25, -0.2) is 4.79 Å². The van der Waals surface area contributed by atoms with Crippen LogP contribution in [0.1, 0.15) is 51.9 Å². The number of imide groups is 2. The number of allylic oxidation sites excluding steroid dienone is 1. The highest BCUT2D eigenvalue weighted by Gasteiger charge is 2.51. The van der Waals surface area contributed by atoms with Crippen LogP contribution in [0.4, 0.5) is 4.79 Å². The van der Waals surface area contributed by atoms with Crippen molar-refractivity contribution in [3.63, 3.8) is 0 Å². The van der Waals surface area contributed by atoms with Crippen LogP contribution in [0.15, 0.2) is 11.6 Å². The monoisotopic (exact) mass is 264 g/mol. The van der Waals surface area contributed by atoms with Gasteiger partial charge in [-0.2, -0.15) is 0 Å². The van der Waals surface area contributed by atoms with E-state index in [4.69, 9.17) is 0 Å². The van der Waals surface area contributed by atoms with Gasteiger partial charge in [-0.3, -0.25) is 20.2 Å². The summed E-state index contributed by atoms with van der Waals surface area (Å²) < 4.78 is 0. The predicted molar refractivity (Wildman–Crippen MR) is 70.2 cm³/mol. The number of hydrogen-bond donors (Lipinski definition) is 2. The lowest BCUT2D eigenvalue weighted by atomic mass is 9.72. The molecule has 0 radical (unpaired) electrons. The van der Waals surface area contributed by atoms with Crippen molar-refractivity contribution in [3.8, 4) is 0 Å². The van der Waals surface area contributed by atoms with E-state index in [-0.39, 0.29) is 0 Å². The highest BCUT2D eigenvalue weighted by Crippen LogP contribution is 2.38. The second-order valence-electron chi connectivity index (χ2n) is 5.18. The molecule has 5 heteroatoms. The van der Waals surface area contributed by atoms with Gasteiger partial charge in [0.15, 0.2) is 0 Å². The van der Waals surface area contributed by atoms with Crippen molar-refractivity contribution in [2.45, 2.75) is 51.9 Å². The second-order valence-corrected chi connectivity index (χ2v) is 5.18. The molecule has 0 aromatic heterocycles. The van der Waals surface area contributed by atoms with Gasteiger partial charge in [-0.15, -0.1) is 0 Å². The lowest BCUT2D eigenvalue weighted by Gasteiger charge is -2.35. The molecule has 1 aliphatic carbocycles. The number of rotatable bonds is 2. The molecule has 0 atom stereocenters. The standard InChI is InChI=1S/C14H20N2O3/c1-2-14(10-8-6-4-3-5-7-9-10)11(17)15-13(19)16-12(14)18/h8H,2-7,9H2,1H3,(H2,15,16,17,18,19)/b10-8+. The van der Waals surface area contributed by atoms with Crippen molar-refractivity contribution >= 4 is 17.8 Å². The molecule has 1 fully saturated rings. The molecular weight excluding hydrogens is 244 g/mol. The summed E-state index contributed by atoms with van der Waals surface area (Å²) in [6.07, 6.45) is 8.45. The summed E-state index contributed by atoms with van der Waals surface area (Å²) in [5.74, 6) is -0.953. The zero-order valence-electron chi connectivity index (χ0n) is 11.3. The predicted octanol–water partition coefficient (Wildman–Crippen LogP) is 2.03. The molecule has 0 saturated carbocycles. The second kappa shape index (κ2) is 5.55. The first kappa shape index (κ1) is 13.8. The van der Waals surface area contributed by atoms with Gasteiger partial charge in [0.2, 0.25) is 11.8 Å². The van der Waals surface area contributed by atoms with Crippen LogP contribution in [-0.2, 0) is 9.59 Å². The zero-order chi connectivity index (χ0) is 13.9. The third-order valence-electron chi connectivity index (χ3n) is 4.10. The Bertz CT molecular complexity index is 420. The number of barbiturate groups is 1. The van der Waals surface area contributed by atoms with Crippen LogP contribution in [-0.4, -0.2) is 17.8 Å². The molecular formula is C14H20N2O3. The van der Waals surface area contributed by atoms with Crippen molar-refractivity contribution in [3.05, 3.63) is 11.6 Å². The van der Waals surface area contributed by atoms with Crippen molar-refractivity contribution in [1.82, 2.24) is 10.6 Å². The largest absolute Gasteiger partial charge is 0.328 e. The third kappa shape index (κ3) is 2.41. The number of nitrogens with one attached hydrogen (secondary N) is 2. The molecule has 4 amide bonds. The first-order chi connectivity index (χ1) is 9.11. The van der Waals surface area contributed by atoms with E-state index in [2.05, 4.69) is 10.6 Å². The summed E-state index contributed by atoms with van der Waals surface area (Å²) >= 11 is 0. The van der Waals surface area contributed by atoms with Crippen LogP contribution in [0, 0.1) is 5.41 Å². The van der Waals surface area contributed by atoms with Gasteiger partial charge in [0.05, 0.1) is 0 Å². The molecule has 104 valence electrons. The van der Waals surface area contributed by atoms with Crippen molar-refractivity contribution in [2.75, 3.05) is 0 Å². The normalized spacial score (nSPS) is 26.6. The summed E-state index contributed by atoms with van der Waals surface area (Å²) in [7, 11) is 0. The number of urea groups is 1. The minimum atomic E-state index is -1.19. The molecule has 0 spiro atoms. The van der Waals surface area contributed by atoms with Gasteiger partial charge >= 0.3 is 6.03 Å². The maximum absolute atomic E-state index is 12.2. The molecule has 1 aliphatic heterocycles. The van der Waals surface area contributed by atoms with Gasteiger partial charge in [0.25, 0.3) is 0 Å². The summed E-state index contributed by atoms with van der Waals surface area (Å²) in [5.41, 5.74) is -0.317. The Balaban J connectivity index is 2.37. The molecule has 5 nitrogen and oxygen atoms in total. The fourth-order valence-electron chi connectivity index (χ4n) is 2.97. The fraction of sp³-hybridized carbons (Fsp3) is 0.643. The Kier molecular flexibility index (Phi) is 4.02.